The molecular formula is C19H22FN5O. The Morgan fingerprint density at radius 3 is 2.73 bits per heavy atom. The van der Waals surface area contributed by atoms with E-state index in [1.54, 1.807) is 12.1 Å². The van der Waals surface area contributed by atoms with Crippen LogP contribution in [0.1, 0.15) is 25.1 Å². The summed E-state index contributed by atoms with van der Waals surface area (Å²) in [4.78, 5) is 6.68. The van der Waals surface area contributed by atoms with Gasteiger partial charge in [-0.3, -0.25) is 10.4 Å². The van der Waals surface area contributed by atoms with E-state index in [1.807, 2.05) is 21.9 Å². The molecule has 1 aromatic carbocycles. The van der Waals surface area contributed by atoms with Crippen molar-refractivity contribution in [2.24, 2.45) is 10.7 Å². The summed E-state index contributed by atoms with van der Waals surface area (Å²) in [5.41, 5.74) is 10.5. The van der Waals surface area contributed by atoms with Crippen LogP contribution in [0.4, 0.5) is 4.39 Å². The summed E-state index contributed by atoms with van der Waals surface area (Å²) in [5, 5.41) is 4.75. The highest BCUT2D eigenvalue weighted by molar-refractivity contribution is 6.13. The molecule has 1 unspecified atom stereocenters. The molecule has 0 fully saturated rings. The van der Waals surface area contributed by atoms with Crippen LogP contribution >= 0.6 is 0 Å². The van der Waals surface area contributed by atoms with Gasteiger partial charge in [-0.15, -0.1) is 0 Å². The van der Waals surface area contributed by atoms with E-state index >= 15 is 0 Å². The maximum absolute atomic E-state index is 13.4. The van der Waals surface area contributed by atoms with Crippen molar-refractivity contribution < 1.29 is 9.13 Å². The molecule has 136 valence electrons. The molecule has 0 saturated carbocycles. The van der Waals surface area contributed by atoms with Gasteiger partial charge in [0.05, 0.1) is 36.7 Å². The summed E-state index contributed by atoms with van der Waals surface area (Å²) < 4.78 is 20.9. The van der Waals surface area contributed by atoms with E-state index in [9.17, 15) is 4.39 Å². The van der Waals surface area contributed by atoms with Crippen molar-refractivity contribution in [2.45, 2.75) is 39.3 Å². The average molecular weight is 355 g/mol. The van der Waals surface area contributed by atoms with Crippen LogP contribution in [-0.4, -0.2) is 39.3 Å². The first-order chi connectivity index (χ1) is 12.5. The van der Waals surface area contributed by atoms with Gasteiger partial charge in [0.1, 0.15) is 11.5 Å². The number of allylic oxidation sites excluding steroid dienone is 1. The number of aliphatic imine (C=N–C) groups is 1. The first-order valence-electron chi connectivity index (χ1n) is 8.77. The Hall–Kier alpha value is -2.51. The lowest BCUT2D eigenvalue weighted by atomic mass is 10.0. The SMILES string of the molecule is CC(C)N1C=CC(c2c(-c3ccc(F)cc3)nn3c2COCC3)=NC1N. The van der Waals surface area contributed by atoms with Gasteiger partial charge in [-0.25, -0.2) is 9.38 Å². The third-order valence-corrected chi connectivity index (χ3v) is 4.70. The Morgan fingerprint density at radius 1 is 1.27 bits per heavy atom. The summed E-state index contributed by atoms with van der Waals surface area (Å²) in [6.07, 6.45) is 3.49. The van der Waals surface area contributed by atoms with Crippen molar-refractivity contribution in [3.63, 3.8) is 0 Å². The predicted molar refractivity (Wildman–Crippen MR) is 97.9 cm³/mol. The summed E-state index contributed by atoms with van der Waals surface area (Å²) in [6, 6.07) is 6.62. The second-order valence-electron chi connectivity index (χ2n) is 6.74. The molecule has 1 aromatic heterocycles. The Kier molecular flexibility index (Phi) is 4.34. The molecule has 0 bridgehead atoms. The second kappa shape index (κ2) is 6.66. The fourth-order valence-electron chi connectivity index (χ4n) is 3.35. The molecule has 6 nitrogen and oxygen atoms in total. The number of fused-ring (bicyclic) bond motifs is 1. The number of nitrogens with zero attached hydrogens (tertiary/aromatic N) is 4. The number of hydrogen-bond acceptors (Lipinski definition) is 5. The quantitative estimate of drug-likeness (QED) is 0.918. The zero-order chi connectivity index (χ0) is 18.3. The number of hydrogen-bond donors (Lipinski definition) is 1. The topological polar surface area (TPSA) is 68.7 Å². The van der Waals surface area contributed by atoms with Crippen LogP contribution in [0.2, 0.25) is 0 Å². The summed E-state index contributed by atoms with van der Waals surface area (Å²) in [7, 11) is 0. The third kappa shape index (κ3) is 2.93. The van der Waals surface area contributed by atoms with E-state index in [2.05, 4.69) is 18.8 Å². The Morgan fingerprint density at radius 2 is 2.04 bits per heavy atom. The second-order valence-corrected chi connectivity index (χ2v) is 6.74. The first kappa shape index (κ1) is 16.9. The van der Waals surface area contributed by atoms with E-state index in [0.29, 0.717) is 19.8 Å². The van der Waals surface area contributed by atoms with Gasteiger partial charge in [-0.2, -0.15) is 5.10 Å². The largest absolute Gasteiger partial charge is 0.373 e. The van der Waals surface area contributed by atoms with Gasteiger partial charge in [-0.05, 0) is 44.2 Å². The maximum Gasteiger partial charge on any atom is 0.174 e. The van der Waals surface area contributed by atoms with Crippen LogP contribution in [0.5, 0.6) is 0 Å². The van der Waals surface area contributed by atoms with E-state index in [-0.39, 0.29) is 11.9 Å². The first-order valence-corrected chi connectivity index (χ1v) is 8.77. The van der Waals surface area contributed by atoms with Gasteiger partial charge >= 0.3 is 0 Å². The maximum atomic E-state index is 13.4. The van der Waals surface area contributed by atoms with Crippen molar-refractivity contribution in [1.82, 2.24) is 14.7 Å². The lowest BCUT2D eigenvalue weighted by Crippen LogP contribution is -2.43. The molecule has 7 heteroatoms. The monoisotopic (exact) mass is 355 g/mol. The van der Waals surface area contributed by atoms with Crippen molar-refractivity contribution in [1.29, 1.82) is 0 Å². The number of ether oxygens (including phenoxy) is 1. The average Bonchev–Trinajstić information content (AvgIpc) is 3.01. The summed E-state index contributed by atoms with van der Waals surface area (Å²) >= 11 is 0. The molecule has 26 heavy (non-hydrogen) atoms. The van der Waals surface area contributed by atoms with Crippen molar-refractivity contribution in [3.05, 3.63) is 53.6 Å². The van der Waals surface area contributed by atoms with Crippen LogP contribution in [0.25, 0.3) is 11.3 Å². The van der Waals surface area contributed by atoms with Gasteiger partial charge in [0.15, 0.2) is 6.29 Å². The molecule has 0 saturated heterocycles. The van der Waals surface area contributed by atoms with Gasteiger partial charge in [0.25, 0.3) is 0 Å². The molecule has 1 atom stereocenters. The van der Waals surface area contributed by atoms with E-state index in [0.717, 1.165) is 28.2 Å². The molecule has 2 aliphatic heterocycles. The van der Waals surface area contributed by atoms with Crippen LogP contribution in [0.15, 0.2) is 41.5 Å². The van der Waals surface area contributed by atoms with Gasteiger partial charge < -0.3 is 9.64 Å². The normalized spacial score (nSPS) is 19.7. The zero-order valence-corrected chi connectivity index (χ0v) is 14.9. The molecule has 0 spiro atoms. The number of rotatable bonds is 3. The highest BCUT2D eigenvalue weighted by Gasteiger charge is 2.27. The minimum Gasteiger partial charge on any atom is -0.373 e. The van der Waals surface area contributed by atoms with Crippen molar-refractivity contribution in [2.75, 3.05) is 6.61 Å². The number of aromatic nitrogens is 2. The standard InChI is InChI=1S/C19H22FN5O/c1-12(2)24-8-7-15(22-19(24)21)17-16-11-26-10-9-25(16)23-18(17)13-3-5-14(20)6-4-13/h3-8,12,19H,9-11,21H2,1-2H3. The van der Waals surface area contributed by atoms with Crippen LogP contribution in [0, 0.1) is 5.82 Å². The van der Waals surface area contributed by atoms with Crippen LogP contribution < -0.4 is 5.73 Å². The molecule has 0 amide bonds. The van der Waals surface area contributed by atoms with E-state index < -0.39 is 6.29 Å². The predicted octanol–water partition coefficient (Wildman–Crippen LogP) is 2.49. The molecule has 4 rings (SSSR count). The molecule has 0 aliphatic carbocycles. The molecular weight excluding hydrogens is 333 g/mol. The molecule has 2 aliphatic rings. The fourth-order valence-corrected chi connectivity index (χ4v) is 3.35. The van der Waals surface area contributed by atoms with Crippen molar-refractivity contribution >= 4 is 5.71 Å². The van der Waals surface area contributed by atoms with E-state index in [1.165, 1.54) is 12.1 Å². The molecule has 2 aromatic rings. The zero-order valence-electron chi connectivity index (χ0n) is 14.9. The number of nitrogens with two attached hydrogens (primary N) is 1. The molecule has 0 radical (unpaired) electrons. The Balaban J connectivity index is 1.83. The highest BCUT2D eigenvalue weighted by Crippen LogP contribution is 2.30. The van der Waals surface area contributed by atoms with Gasteiger partial charge in [0.2, 0.25) is 0 Å². The molecule has 2 N–H and O–H groups in total. The highest BCUT2D eigenvalue weighted by atomic mass is 19.1. The summed E-state index contributed by atoms with van der Waals surface area (Å²) in [5.74, 6) is -0.271. The smallest absolute Gasteiger partial charge is 0.174 e. The van der Waals surface area contributed by atoms with E-state index in [4.69, 9.17) is 15.6 Å². The Bertz CT molecular complexity index is 869. The fraction of sp³-hybridized carbons (Fsp3) is 0.368. The minimum absolute atomic E-state index is 0.257. The van der Waals surface area contributed by atoms with Gasteiger partial charge in [-0.1, -0.05) is 0 Å². The minimum atomic E-state index is -0.448. The third-order valence-electron chi connectivity index (χ3n) is 4.70. The lowest BCUT2D eigenvalue weighted by Gasteiger charge is -2.31. The summed E-state index contributed by atoms with van der Waals surface area (Å²) in [6.45, 7) is 5.93. The van der Waals surface area contributed by atoms with Crippen molar-refractivity contribution in [3.8, 4) is 11.3 Å². The van der Waals surface area contributed by atoms with Gasteiger partial charge in [0, 0.05) is 17.8 Å². The number of halogens is 1. The lowest BCUT2D eigenvalue weighted by molar-refractivity contribution is 0.0799. The Labute approximate surface area is 151 Å². The van der Waals surface area contributed by atoms with Crippen LogP contribution in [0.3, 0.4) is 0 Å². The number of benzene rings is 1. The van der Waals surface area contributed by atoms with Crippen LogP contribution in [-0.2, 0) is 17.9 Å². The molecule has 3 heterocycles.